The molecule has 1 amide bonds. The summed E-state index contributed by atoms with van der Waals surface area (Å²) in [5.41, 5.74) is 4.75. The van der Waals surface area contributed by atoms with E-state index < -0.39 is 0 Å². The zero-order valence-electron chi connectivity index (χ0n) is 12.6. The number of anilines is 2. The maximum absolute atomic E-state index is 12.4. The van der Waals surface area contributed by atoms with Gasteiger partial charge in [0.2, 0.25) is 0 Å². The molecule has 0 radical (unpaired) electrons. The quantitative estimate of drug-likeness (QED) is 0.667. The van der Waals surface area contributed by atoms with Gasteiger partial charge in [0.25, 0.3) is 5.91 Å². The fourth-order valence-corrected chi connectivity index (χ4v) is 2.74. The number of benzene rings is 2. The van der Waals surface area contributed by atoms with Crippen molar-refractivity contribution in [3.8, 4) is 0 Å². The highest BCUT2D eigenvalue weighted by Gasteiger charge is 2.22. The molecular formula is C19H15N3O. The molecule has 2 heterocycles. The summed E-state index contributed by atoms with van der Waals surface area (Å²) in [6.45, 7) is 1.91. The van der Waals surface area contributed by atoms with E-state index in [4.69, 9.17) is 0 Å². The Morgan fingerprint density at radius 3 is 2.39 bits per heavy atom. The summed E-state index contributed by atoms with van der Waals surface area (Å²) in [5, 5.41) is 7.22. The molecule has 112 valence electrons. The standard InChI is InChI=1S/C19H15N3O/c1-12(14-11-10-13-6-2-3-7-15(13)20-14)18-19(23)22-17-9-5-4-8-16(17)21-18/h2-11,21H,1H3,(H,22,23)/b18-12-. The van der Waals surface area contributed by atoms with Crippen molar-refractivity contribution in [3.63, 3.8) is 0 Å². The number of rotatable bonds is 1. The molecule has 0 saturated carbocycles. The average Bonchev–Trinajstić information content (AvgIpc) is 2.60. The Kier molecular flexibility index (Phi) is 3.08. The molecule has 0 unspecified atom stereocenters. The monoisotopic (exact) mass is 301 g/mol. The third-order valence-corrected chi connectivity index (χ3v) is 4.02. The van der Waals surface area contributed by atoms with Gasteiger partial charge in [0.05, 0.1) is 22.6 Å². The minimum Gasteiger partial charge on any atom is -0.349 e. The summed E-state index contributed by atoms with van der Waals surface area (Å²) in [5.74, 6) is -0.142. The van der Waals surface area contributed by atoms with Gasteiger partial charge in [-0.05, 0) is 31.2 Å². The number of nitrogens with zero attached hydrogens (tertiary/aromatic N) is 1. The van der Waals surface area contributed by atoms with Gasteiger partial charge >= 0.3 is 0 Å². The Hall–Kier alpha value is -3.14. The first-order valence-corrected chi connectivity index (χ1v) is 7.47. The van der Waals surface area contributed by atoms with Crippen LogP contribution in [-0.2, 0) is 4.79 Å². The van der Waals surface area contributed by atoms with Gasteiger partial charge in [-0.25, -0.2) is 4.98 Å². The van der Waals surface area contributed by atoms with Crippen LogP contribution < -0.4 is 10.6 Å². The molecule has 1 aliphatic heterocycles. The maximum atomic E-state index is 12.4. The number of aromatic nitrogens is 1. The van der Waals surface area contributed by atoms with Crippen LogP contribution in [-0.4, -0.2) is 10.9 Å². The second kappa shape index (κ2) is 5.25. The van der Waals surface area contributed by atoms with Gasteiger partial charge in [-0.2, -0.15) is 0 Å². The molecule has 1 aromatic heterocycles. The normalized spacial score (nSPS) is 15.6. The lowest BCUT2D eigenvalue weighted by molar-refractivity contribution is -0.112. The van der Waals surface area contributed by atoms with E-state index in [-0.39, 0.29) is 5.91 Å². The van der Waals surface area contributed by atoms with Crippen LogP contribution in [0.4, 0.5) is 11.4 Å². The van der Waals surface area contributed by atoms with Gasteiger partial charge in [-0.15, -0.1) is 0 Å². The van der Waals surface area contributed by atoms with Crippen LogP contribution in [0.3, 0.4) is 0 Å². The number of hydrogen-bond acceptors (Lipinski definition) is 3. The smallest absolute Gasteiger partial charge is 0.272 e. The SMILES string of the molecule is C/C(=C1/Nc2ccccc2NC1=O)c1ccc2ccccc2n1. The first-order chi connectivity index (χ1) is 11.2. The van der Waals surface area contributed by atoms with E-state index in [0.29, 0.717) is 5.70 Å². The van der Waals surface area contributed by atoms with E-state index in [1.165, 1.54) is 0 Å². The van der Waals surface area contributed by atoms with E-state index in [1.807, 2.05) is 67.6 Å². The number of amides is 1. The topological polar surface area (TPSA) is 54.0 Å². The molecule has 0 saturated heterocycles. The van der Waals surface area contributed by atoms with Crippen LogP contribution in [0.15, 0.2) is 66.4 Å². The molecule has 23 heavy (non-hydrogen) atoms. The molecule has 0 spiro atoms. The van der Waals surface area contributed by atoms with Crippen LogP contribution in [0.5, 0.6) is 0 Å². The fraction of sp³-hybridized carbons (Fsp3) is 0.0526. The number of carbonyl (C=O) groups is 1. The largest absolute Gasteiger partial charge is 0.349 e. The molecule has 0 aliphatic carbocycles. The fourth-order valence-electron chi connectivity index (χ4n) is 2.74. The minimum absolute atomic E-state index is 0.142. The zero-order chi connectivity index (χ0) is 15.8. The number of allylic oxidation sites excluding steroid dienone is 1. The van der Waals surface area contributed by atoms with Crippen molar-refractivity contribution in [1.29, 1.82) is 0 Å². The van der Waals surface area contributed by atoms with Gasteiger partial charge in [0.15, 0.2) is 0 Å². The maximum Gasteiger partial charge on any atom is 0.272 e. The lowest BCUT2D eigenvalue weighted by Gasteiger charge is -2.22. The van der Waals surface area contributed by atoms with E-state index in [9.17, 15) is 4.79 Å². The molecule has 2 aromatic carbocycles. The third-order valence-electron chi connectivity index (χ3n) is 4.02. The van der Waals surface area contributed by atoms with Crippen LogP contribution in [0.25, 0.3) is 16.5 Å². The minimum atomic E-state index is -0.142. The number of para-hydroxylation sites is 3. The Bertz CT molecular complexity index is 959. The van der Waals surface area contributed by atoms with Gasteiger partial charge in [0, 0.05) is 11.0 Å². The average molecular weight is 301 g/mol. The third kappa shape index (κ3) is 2.34. The number of hydrogen-bond donors (Lipinski definition) is 2. The summed E-state index contributed by atoms with van der Waals surface area (Å²) in [6, 6.07) is 19.6. The van der Waals surface area contributed by atoms with Crippen molar-refractivity contribution in [2.45, 2.75) is 6.92 Å². The van der Waals surface area contributed by atoms with Crippen molar-refractivity contribution in [1.82, 2.24) is 4.98 Å². The van der Waals surface area contributed by atoms with Crippen molar-refractivity contribution < 1.29 is 4.79 Å². The first-order valence-electron chi connectivity index (χ1n) is 7.47. The van der Waals surface area contributed by atoms with Crippen molar-refractivity contribution in [3.05, 3.63) is 72.1 Å². The van der Waals surface area contributed by atoms with Gasteiger partial charge in [-0.1, -0.05) is 36.4 Å². The van der Waals surface area contributed by atoms with Gasteiger partial charge in [-0.3, -0.25) is 4.79 Å². The highest BCUT2D eigenvalue weighted by Crippen LogP contribution is 2.30. The summed E-state index contributed by atoms with van der Waals surface area (Å²) in [6.07, 6.45) is 0. The molecule has 0 atom stereocenters. The van der Waals surface area contributed by atoms with E-state index in [1.54, 1.807) is 0 Å². The van der Waals surface area contributed by atoms with Crippen LogP contribution in [0.1, 0.15) is 12.6 Å². The summed E-state index contributed by atoms with van der Waals surface area (Å²) in [7, 11) is 0. The van der Waals surface area contributed by atoms with E-state index in [0.717, 1.165) is 33.5 Å². The second-order valence-electron chi connectivity index (χ2n) is 5.51. The zero-order valence-corrected chi connectivity index (χ0v) is 12.6. The molecule has 4 rings (SSSR count). The van der Waals surface area contributed by atoms with Crippen LogP contribution in [0.2, 0.25) is 0 Å². The predicted molar refractivity (Wildman–Crippen MR) is 93.0 cm³/mol. The molecule has 0 fully saturated rings. The number of pyridine rings is 1. The predicted octanol–water partition coefficient (Wildman–Crippen LogP) is 4.03. The van der Waals surface area contributed by atoms with Crippen molar-refractivity contribution in [2.75, 3.05) is 10.6 Å². The van der Waals surface area contributed by atoms with E-state index >= 15 is 0 Å². The lowest BCUT2D eigenvalue weighted by Crippen LogP contribution is -2.26. The van der Waals surface area contributed by atoms with E-state index in [2.05, 4.69) is 15.6 Å². The van der Waals surface area contributed by atoms with Crippen molar-refractivity contribution in [2.24, 2.45) is 0 Å². The molecule has 2 N–H and O–H groups in total. The highest BCUT2D eigenvalue weighted by atomic mass is 16.2. The van der Waals surface area contributed by atoms with Crippen molar-refractivity contribution >= 4 is 33.8 Å². The molecular weight excluding hydrogens is 286 g/mol. The van der Waals surface area contributed by atoms with Crippen LogP contribution >= 0.6 is 0 Å². The Balaban J connectivity index is 1.81. The molecule has 3 aromatic rings. The van der Waals surface area contributed by atoms with Crippen LogP contribution in [0, 0.1) is 0 Å². The van der Waals surface area contributed by atoms with Gasteiger partial charge in [0.1, 0.15) is 5.70 Å². The molecule has 1 aliphatic rings. The Morgan fingerprint density at radius 1 is 0.870 bits per heavy atom. The number of nitrogens with one attached hydrogen (secondary N) is 2. The summed E-state index contributed by atoms with van der Waals surface area (Å²) in [4.78, 5) is 17.0. The molecule has 4 heteroatoms. The number of carbonyl (C=O) groups excluding carboxylic acids is 1. The summed E-state index contributed by atoms with van der Waals surface area (Å²) >= 11 is 0. The molecule has 0 bridgehead atoms. The second-order valence-corrected chi connectivity index (χ2v) is 5.51. The first kappa shape index (κ1) is 13.5. The number of fused-ring (bicyclic) bond motifs is 2. The highest BCUT2D eigenvalue weighted by molar-refractivity contribution is 6.15. The lowest BCUT2D eigenvalue weighted by atomic mass is 10.1. The Labute approximate surface area is 133 Å². The van der Waals surface area contributed by atoms with Gasteiger partial charge < -0.3 is 10.6 Å². The molecule has 4 nitrogen and oxygen atoms in total. The Morgan fingerprint density at radius 2 is 1.57 bits per heavy atom. The summed E-state index contributed by atoms with van der Waals surface area (Å²) < 4.78 is 0.